The number of rotatable bonds is 2. The van der Waals surface area contributed by atoms with E-state index in [1.165, 1.54) is 11.1 Å². The van der Waals surface area contributed by atoms with Crippen LogP contribution in [0, 0.1) is 20.8 Å². The number of hydrogen-bond acceptors (Lipinski definition) is 2. The zero-order valence-corrected chi connectivity index (χ0v) is 10.6. The third-order valence-corrected chi connectivity index (χ3v) is 4.07. The van der Waals surface area contributed by atoms with Crippen LogP contribution in [0.5, 0.6) is 0 Å². The van der Waals surface area contributed by atoms with Crippen LogP contribution in [-0.4, -0.2) is 5.11 Å². The minimum atomic E-state index is -0.487. The highest BCUT2D eigenvalue weighted by Crippen LogP contribution is 2.29. The topological polar surface area (TPSA) is 20.2 Å². The van der Waals surface area contributed by atoms with Gasteiger partial charge < -0.3 is 5.11 Å². The molecule has 1 unspecified atom stereocenters. The predicted molar refractivity (Wildman–Crippen MR) is 69.0 cm³/mol. The minimum Gasteiger partial charge on any atom is -0.383 e. The van der Waals surface area contributed by atoms with Gasteiger partial charge in [0.05, 0.1) is 0 Å². The van der Waals surface area contributed by atoms with Crippen molar-refractivity contribution in [1.29, 1.82) is 0 Å². The molecule has 0 bridgehead atoms. The molecule has 1 aromatic heterocycles. The predicted octanol–water partition coefficient (Wildman–Crippen LogP) is 3.76. The Bertz CT molecular complexity index is 499. The molecular weight excluding hydrogens is 216 g/mol. The fourth-order valence-corrected chi connectivity index (χ4v) is 2.69. The highest BCUT2D eigenvalue weighted by Gasteiger charge is 2.14. The van der Waals surface area contributed by atoms with E-state index in [-0.39, 0.29) is 0 Å². The van der Waals surface area contributed by atoms with Gasteiger partial charge in [-0.05, 0) is 54.5 Å². The molecule has 0 aliphatic carbocycles. The van der Waals surface area contributed by atoms with E-state index in [0.29, 0.717) is 0 Å². The standard InChI is InChI=1S/C14H16OS/c1-9-4-5-12(8-11(9)3)13(15)14-10(2)6-7-16-14/h4-8,13,15H,1-3H3. The van der Waals surface area contributed by atoms with Gasteiger partial charge in [-0.2, -0.15) is 0 Å². The zero-order chi connectivity index (χ0) is 11.7. The lowest BCUT2D eigenvalue weighted by molar-refractivity contribution is 0.223. The van der Waals surface area contributed by atoms with E-state index in [4.69, 9.17) is 0 Å². The molecule has 16 heavy (non-hydrogen) atoms. The third kappa shape index (κ3) is 2.04. The maximum Gasteiger partial charge on any atom is 0.113 e. The quantitative estimate of drug-likeness (QED) is 0.836. The van der Waals surface area contributed by atoms with Crippen molar-refractivity contribution in [2.75, 3.05) is 0 Å². The van der Waals surface area contributed by atoms with E-state index in [1.807, 2.05) is 24.4 Å². The minimum absolute atomic E-state index is 0.487. The summed E-state index contributed by atoms with van der Waals surface area (Å²) in [5, 5.41) is 12.3. The monoisotopic (exact) mass is 232 g/mol. The summed E-state index contributed by atoms with van der Waals surface area (Å²) in [6.07, 6.45) is -0.487. The molecule has 0 spiro atoms. The van der Waals surface area contributed by atoms with Crippen LogP contribution in [0.15, 0.2) is 29.6 Å². The van der Waals surface area contributed by atoms with E-state index in [9.17, 15) is 5.11 Å². The molecule has 0 saturated carbocycles. The fraction of sp³-hybridized carbons (Fsp3) is 0.286. The van der Waals surface area contributed by atoms with E-state index in [1.54, 1.807) is 11.3 Å². The summed E-state index contributed by atoms with van der Waals surface area (Å²) < 4.78 is 0. The Labute approximate surface area is 100 Å². The molecule has 2 rings (SSSR count). The van der Waals surface area contributed by atoms with Crippen LogP contribution in [0.2, 0.25) is 0 Å². The average Bonchev–Trinajstić information content (AvgIpc) is 2.67. The van der Waals surface area contributed by atoms with Gasteiger partial charge in [0.1, 0.15) is 6.10 Å². The third-order valence-electron chi connectivity index (χ3n) is 3.00. The van der Waals surface area contributed by atoms with Crippen LogP contribution >= 0.6 is 11.3 Å². The molecule has 84 valence electrons. The Morgan fingerprint density at radius 1 is 1.00 bits per heavy atom. The maximum atomic E-state index is 10.3. The Kier molecular flexibility index (Phi) is 3.13. The molecule has 0 amide bonds. The molecule has 2 heteroatoms. The van der Waals surface area contributed by atoms with Crippen LogP contribution in [0.3, 0.4) is 0 Å². The maximum absolute atomic E-state index is 10.3. The first-order valence-corrected chi connectivity index (χ1v) is 6.27. The van der Waals surface area contributed by atoms with Crippen molar-refractivity contribution in [2.24, 2.45) is 0 Å². The summed E-state index contributed by atoms with van der Waals surface area (Å²) in [4.78, 5) is 1.04. The van der Waals surface area contributed by atoms with E-state index < -0.39 is 6.10 Å². The summed E-state index contributed by atoms with van der Waals surface area (Å²) >= 11 is 1.61. The van der Waals surface area contributed by atoms with Gasteiger partial charge in [0.25, 0.3) is 0 Å². The second kappa shape index (κ2) is 4.40. The van der Waals surface area contributed by atoms with Crippen LogP contribution in [0.25, 0.3) is 0 Å². The highest BCUT2D eigenvalue weighted by molar-refractivity contribution is 7.10. The second-order valence-corrected chi connectivity index (χ2v) is 5.16. The molecule has 1 N–H and O–H groups in total. The zero-order valence-electron chi connectivity index (χ0n) is 9.82. The van der Waals surface area contributed by atoms with Crippen LogP contribution in [-0.2, 0) is 0 Å². The molecule has 0 radical (unpaired) electrons. The van der Waals surface area contributed by atoms with Crippen molar-refractivity contribution < 1.29 is 5.11 Å². The van der Waals surface area contributed by atoms with Crippen LogP contribution in [0.4, 0.5) is 0 Å². The summed E-state index contributed by atoms with van der Waals surface area (Å²) in [5.41, 5.74) is 4.63. The number of aryl methyl sites for hydroxylation is 3. The van der Waals surface area contributed by atoms with Crippen molar-refractivity contribution in [3.8, 4) is 0 Å². The first-order valence-electron chi connectivity index (χ1n) is 5.39. The van der Waals surface area contributed by atoms with Gasteiger partial charge in [0.2, 0.25) is 0 Å². The summed E-state index contributed by atoms with van der Waals surface area (Å²) in [5.74, 6) is 0. The lowest BCUT2D eigenvalue weighted by Gasteiger charge is -2.12. The fourth-order valence-electron chi connectivity index (χ4n) is 1.75. The van der Waals surface area contributed by atoms with Crippen LogP contribution < -0.4 is 0 Å². The Balaban J connectivity index is 2.38. The number of aliphatic hydroxyl groups excluding tert-OH is 1. The molecule has 0 aliphatic heterocycles. The number of hydrogen-bond donors (Lipinski definition) is 1. The Morgan fingerprint density at radius 3 is 2.31 bits per heavy atom. The van der Waals surface area contributed by atoms with Crippen molar-refractivity contribution in [3.63, 3.8) is 0 Å². The number of benzene rings is 1. The van der Waals surface area contributed by atoms with E-state index >= 15 is 0 Å². The van der Waals surface area contributed by atoms with Crippen LogP contribution in [0.1, 0.15) is 33.2 Å². The summed E-state index contributed by atoms with van der Waals surface area (Å²) in [6.45, 7) is 6.20. The number of aliphatic hydroxyl groups is 1. The molecule has 0 fully saturated rings. The van der Waals surface area contributed by atoms with Gasteiger partial charge in [0.15, 0.2) is 0 Å². The summed E-state index contributed by atoms with van der Waals surface area (Å²) in [6, 6.07) is 8.19. The lowest BCUT2D eigenvalue weighted by Crippen LogP contribution is -1.99. The van der Waals surface area contributed by atoms with Gasteiger partial charge in [-0.25, -0.2) is 0 Å². The Morgan fingerprint density at radius 2 is 1.75 bits per heavy atom. The highest BCUT2D eigenvalue weighted by atomic mass is 32.1. The molecule has 1 aromatic carbocycles. The van der Waals surface area contributed by atoms with Crippen molar-refractivity contribution in [1.82, 2.24) is 0 Å². The molecule has 0 saturated heterocycles. The largest absolute Gasteiger partial charge is 0.383 e. The molecule has 1 heterocycles. The first kappa shape index (κ1) is 11.4. The normalized spacial score (nSPS) is 12.8. The van der Waals surface area contributed by atoms with Crippen molar-refractivity contribution >= 4 is 11.3 Å². The van der Waals surface area contributed by atoms with Gasteiger partial charge in [-0.1, -0.05) is 18.2 Å². The van der Waals surface area contributed by atoms with Gasteiger partial charge in [-0.3, -0.25) is 0 Å². The molecule has 0 aliphatic rings. The van der Waals surface area contributed by atoms with Crippen molar-refractivity contribution in [2.45, 2.75) is 26.9 Å². The second-order valence-electron chi connectivity index (χ2n) is 4.21. The molecular formula is C14H16OS. The smallest absolute Gasteiger partial charge is 0.113 e. The first-order chi connectivity index (χ1) is 7.59. The molecule has 2 aromatic rings. The van der Waals surface area contributed by atoms with Gasteiger partial charge >= 0.3 is 0 Å². The number of thiophene rings is 1. The lowest BCUT2D eigenvalue weighted by atomic mass is 10.0. The molecule has 1 nitrogen and oxygen atoms in total. The SMILES string of the molecule is Cc1ccc(C(O)c2sccc2C)cc1C. The van der Waals surface area contributed by atoms with Gasteiger partial charge in [-0.15, -0.1) is 11.3 Å². The van der Waals surface area contributed by atoms with E-state index in [0.717, 1.165) is 16.0 Å². The van der Waals surface area contributed by atoms with E-state index in [2.05, 4.69) is 26.0 Å². The Hall–Kier alpha value is -1.12. The summed E-state index contributed by atoms with van der Waals surface area (Å²) in [7, 11) is 0. The molecule has 1 atom stereocenters. The average molecular weight is 232 g/mol. The van der Waals surface area contributed by atoms with Crippen molar-refractivity contribution in [3.05, 3.63) is 56.8 Å². The van der Waals surface area contributed by atoms with Gasteiger partial charge in [0, 0.05) is 4.88 Å².